The summed E-state index contributed by atoms with van der Waals surface area (Å²) in [6, 6.07) is 9.29. The summed E-state index contributed by atoms with van der Waals surface area (Å²) in [5, 5.41) is 27.2. The maximum absolute atomic E-state index is 10.4. The standard InChI is InChI=1S/C12H9N3O4/c16-11-4-2-1-3-9(11)7-13-14-8-10-5-6-12(19-10)15(17)18/h1-8,16H. The van der Waals surface area contributed by atoms with Gasteiger partial charge < -0.3 is 9.52 Å². The normalized spacial score (nSPS) is 11.4. The van der Waals surface area contributed by atoms with Crippen LogP contribution in [0.5, 0.6) is 5.75 Å². The summed E-state index contributed by atoms with van der Waals surface area (Å²) in [5.74, 6) is -0.0395. The first-order valence-corrected chi connectivity index (χ1v) is 5.25. The van der Waals surface area contributed by atoms with Crippen LogP contribution in [0.15, 0.2) is 51.0 Å². The van der Waals surface area contributed by atoms with Crippen LogP contribution in [-0.4, -0.2) is 22.5 Å². The number of aromatic hydroxyl groups is 1. The minimum absolute atomic E-state index is 0.0927. The number of furan rings is 1. The van der Waals surface area contributed by atoms with Gasteiger partial charge in [0.25, 0.3) is 0 Å². The summed E-state index contributed by atoms with van der Waals surface area (Å²) in [6.45, 7) is 0. The summed E-state index contributed by atoms with van der Waals surface area (Å²) in [5.41, 5.74) is 0.519. The lowest BCUT2D eigenvalue weighted by Gasteiger charge is -1.94. The highest BCUT2D eigenvalue weighted by atomic mass is 16.6. The molecular weight excluding hydrogens is 250 g/mol. The van der Waals surface area contributed by atoms with Crippen LogP contribution < -0.4 is 0 Å². The van der Waals surface area contributed by atoms with Crippen molar-refractivity contribution in [3.05, 3.63) is 57.8 Å². The molecule has 2 aromatic rings. The van der Waals surface area contributed by atoms with Gasteiger partial charge in [0, 0.05) is 5.56 Å². The van der Waals surface area contributed by atoms with Crippen LogP contribution in [0.4, 0.5) is 5.88 Å². The molecule has 19 heavy (non-hydrogen) atoms. The van der Waals surface area contributed by atoms with E-state index in [1.54, 1.807) is 18.2 Å². The predicted octanol–water partition coefficient (Wildman–Crippen LogP) is 2.35. The van der Waals surface area contributed by atoms with E-state index in [1.807, 2.05) is 0 Å². The van der Waals surface area contributed by atoms with Crippen molar-refractivity contribution < 1.29 is 14.4 Å². The Morgan fingerprint density at radius 1 is 1.16 bits per heavy atom. The SMILES string of the molecule is O=[N+]([O-])c1ccc(C=NN=Cc2ccccc2O)o1. The third kappa shape index (κ3) is 3.25. The summed E-state index contributed by atoms with van der Waals surface area (Å²) < 4.78 is 4.85. The molecule has 0 saturated carbocycles. The van der Waals surface area contributed by atoms with Crippen molar-refractivity contribution in [2.75, 3.05) is 0 Å². The van der Waals surface area contributed by atoms with E-state index < -0.39 is 4.92 Å². The summed E-state index contributed by atoms with van der Waals surface area (Å²) in [6.07, 6.45) is 2.60. The van der Waals surface area contributed by atoms with E-state index in [-0.39, 0.29) is 17.4 Å². The first kappa shape index (κ1) is 12.5. The average molecular weight is 259 g/mol. The van der Waals surface area contributed by atoms with Crippen molar-refractivity contribution in [1.82, 2.24) is 0 Å². The van der Waals surface area contributed by atoms with Crippen molar-refractivity contribution in [3.8, 4) is 5.75 Å². The molecule has 1 N–H and O–H groups in total. The lowest BCUT2D eigenvalue weighted by atomic mass is 10.2. The second-order valence-electron chi connectivity index (χ2n) is 3.48. The molecule has 0 radical (unpaired) electrons. The van der Waals surface area contributed by atoms with Gasteiger partial charge >= 0.3 is 5.88 Å². The number of rotatable bonds is 4. The zero-order chi connectivity index (χ0) is 13.7. The molecule has 1 aromatic heterocycles. The van der Waals surface area contributed by atoms with Gasteiger partial charge in [-0.05, 0) is 18.2 Å². The summed E-state index contributed by atoms with van der Waals surface area (Å²) in [7, 11) is 0. The molecule has 0 amide bonds. The highest BCUT2D eigenvalue weighted by Gasteiger charge is 2.09. The van der Waals surface area contributed by atoms with Crippen LogP contribution in [0.3, 0.4) is 0 Å². The van der Waals surface area contributed by atoms with Crippen molar-refractivity contribution in [2.24, 2.45) is 10.2 Å². The first-order valence-electron chi connectivity index (χ1n) is 5.25. The Morgan fingerprint density at radius 3 is 2.58 bits per heavy atom. The number of nitrogens with zero attached hydrogens (tertiary/aromatic N) is 3. The molecule has 0 fully saturated rings. The molecule has 0 spiro atoms. The fourth-order valence-electron chi connectivity index (χ4n) is 1.29. The molecular formula is C12H9N3O4. The molecule has 0 aliphatic carbocycles. The monoisotopic (exact) mass is 259 g/mol. The Hall–Kier alpha value is -2.96. The first-order chi connectivity index (χ1) is 9.16. The molecule has 7 nitrogen and oxygen atoms in total. The van der Waals surface area contributed by atoms with E-state index in [9.17, 15) is 15.2 Å². The van der Waals surface area contributed by atoms with Gasteiger partial charge in [-0.2, -0.15) is 10.2 Å². The van der Waals surface area contributed by atoms with Gasteiger partial charge in [0.1, 0.15) is 10.7 Å². The van der Waals surface area contributed by atoms with Crippen LogP contribution in [0.1, 0.15) is 11.3 Å². The van der Waals surface area contributed by atoms with Gasteiger partial charge in [-0.1, -0.05) is 12.1 Å². The van der Waals surface area contributed by atoms with Crippen LogP contribution in [0.25, 0.3) is 0 Å². The molecule has 0 atom stereocenters. The number of hydrogen-bond acceptors (Lipinski definition) is 6. The van der Waals surface area contributed by atoms with E-state index >= 15 is 0 Å². The fraction of sp³-hybridized carbons (Fsp3) is 0. The van der Waals surface area contributed by atoms with Gasteiger partial charge in [-0.25, -0.2) is 0 Å². The third-order valence-electron chi connectivity index (χ3n) is 2.18. The maximum Gasteiger partial charge on any atom is 0.433 e. The van der Waals surface area contributed by atoms with E-state index in [2.05, 4.69) is 10.2 Å². The second-order valence-corrected chi connectivity index (χ2v) is 3.48. The number of phenolic OH excluding ortho intramolecular Hbond substituents is 1. The second kappa shape index (κ2) is 5.58. The molecule has 1 aromatic carbocycles. The smallest absolute Gasteiger partial charge is 0.433 e. The van der Waals surface area contributed by atoms with Gasteiger partial charge in [-0.15, -0.1) is 0 Å². The zero-order valence-corrected chi connectivity index (χ0v) is 9.63. The van der Waals surface area contributed by atoms with Crippen molar-refractivity contribution in [2.45, 2.75) is 0 Å². The molecule has 0 bridgehead atoms. The average Bonchev–Trinajstić information content (AvgIpc) is 2.85. The quantitative estimate of drug-likeness (QED) is 0.517. The van der Waals surface area contributed by atoms with Gasteiger partial charge in [-0.3, -0.25) is 10.1 Å². The van der Waals surface area contributed by atoms with E-state index in [1.165, 1.54) is 30.6 Å². The third-order valence-corrected chi connectivity index (χ3v) is 2.18. The summed E-state index contributed by atoms with van der Waals surface area (Å²) >= 11 is 0. The highest BCUT2D eigenvalue weighted by molar-refractivity contribution is 5.84. The Kier molecular flexibility index (Phi) is 3.67. The number of nitro groups is 1. The number of hydrogen-bond donors (Lipinski definition) is 1. The van der Waals surface area contributed by atoms with E-state index in [4.69, 9.17) is 4.42 Å². The molecule has 0 unspecified atom stereocenters. The Balaban J connectivity index is 2.03. The lowest BCUT2D eigenvalue weighted by molar-refractivity contribution is -0.402. The predicted molar refractivity (Wildman–Crippen MR) is 68.7 cm³/mol. The summed E-state index contributed by atoms with van der Waals surface area (Å²) in [4.78, 5) is 9.74. The fourth-order valence-corrected chi connectivity index (χ4v) is 1.29. The van der Waals surface area contributed by atoms with Crippen LogP contribution in [-0.2, 0) is 0 Å². The Morgan fingerprint density at radius 2 is 1.89 bits per heavy atom. The zero-order valence-electron chi connectivity index (χ0n) is 9.63. The minimum Gasteiger partial charge on any atom is -0.507 e. The molecule has 1 heterocycles. The minimum atomic E-state index is -0.636. The molecule has 0 saturated heterocycles. The molecule has 7 heteroatoms. The van der Waals surface area contributed by atoms with E-state index in [0.717, 1.165) is 0 Å². The number of phenols is 1. The molecule has 96 valence electrons. The lowest BCUT2D eigenvalue weighted by Crippen LogP contribution is -1.83. The van der Waals surface area contributed by atoms with Gasteiger partial charge in [0.2, 0.25) is 0 Å². The maximum atomic E-state index is 10.4. The Bertz CT molecular complexity index is 646. The van der Waals surface area contributed by atoms with Crippen LogP contribution in [0.2, 0.25) is 0 Å². The molecule has 0 aliphatic rings. The largest absolute Gasteiger partial charge is 0.507 e. The van der Waals surface area contributed by atoms with E-state index in [0.29, 0.717) is 5.56 Å². The van der Waals surface area contributed by atoms with Crippen LogP contribution >= 0.6 is 0 Å². The topological polar surface area (TPSA) is 101 Å². The highest BCUT2D eigenvalue weighted by Crippen LogP contribution is 2.14. The van der Waals surface area contributed by atoms with Crippen molar-refractivity contribution in [3.63, 3.8) is 0 Å². The van der Waals surface area contributed by atoms with Crippen LogP contribution in [0, 0.1) is 10.1 Å². The van der Waals surface area contributed by atoms with Crippen molar-refractivity contribution >= 4 is 18.3 Å². The molecule has 2 rings (SSSR count). The van der Waals surface area contributed by atoms with Gasteiger partial charge in [0.15, 0.2) is 5.76 Å². The van der Waals surface area contributed by atoms with Crippen molar-refractivity contribution in [1.29, 1.82) is 0 Å². The van der Waals surface area contributed by atoms with Gasteiger partial charge in [0.05, 0.1) is 18.5 Å². The molecule has 0 aliphatic heterocycles. The Labute approximate surface area is 107 Å². The number of para-hydroxylation sites is 1. The number of benzene rings is 1.